The first kappa shape index (κ1) is 21.7. The van der Waals surface area contributed by atoms with Gasteiger partial charge in [-0.3, -0.25) is 4.79 Å². The van der Waals surface area contributed by atoms with Gasteiger partial charge in [-0.15, -0.1) is 0 Å². The Morgan fingerprint density at radius 3 is 2.26 bits per heavy atom. The molecule has 2 rings (SSSR count). The lowest BCUT2D eigenvalue weighted by Gasteiger charge is -2.31. The van der Waals surface area contributed by atoms with Gasteiger partial charge < -0.3 is 10.1 Å². The Hall–Kier alpha value is -1.60. The van der Waals surface area contributed by atoms with E-state index >= 15 is 0 Å². The van der Waals surface area contributed by atoms with Gasteiger partial charge in [0, 0.05) is 25.0 Å². The molecule has 1 aliphatic rings. The molecule has 1 heterocycles. The highest BCUT2D eigenvalue weighted by molar-refractivity contribution is 7.89. The summed E-state index contributed by atoms with van der Waals surface area (Å²) in [6, 6.07) is 6.56. The number of benzene rings is 1. The van der Waals surface area contributed by atoms with Gasteiger partial charge >= 0.3 is 0 Å². The van der Waals surface area contributed by atoms with Crippen LogP contribution < -0.4 is 10.1 Å². The first-order valence-corrected chi connectivity index (χ1v) is 11.1. The van der Waals surface area contributed by atoms with Crippen molar-refractivity contribution in [3.05, 3.63) is 24.3 Å². The summed E-state index contributed by atoms with van der Waals surface area (Å²) < 4.78 is 32.1. The number of sulfonamides is 1. The molecule has 0 radical (unpaired) electrons. The molecule has 1 N–H and O–H groups in total. The fraction of sp³-hybridized carbons (Fsp3) is 0.650. The van der Waals surface area contributed by atoms with Crippen molar-refractivity contribution in [3.8, 4) is 5.75 Å². The number of carbonyl (C=O) groups excluding carboxylic acids is 1. The maximum atomic E-state index is 12.8. The second-order valence-electron chi connectivity index (χ2n) is 7.73. The highest BCUT2D eigenvalue weighted by atomic mass is 32.2. The average Bonchev–Trinajstić information content (AvgIpc) is 2.66. The lowest BCUT2D eigenvalue weighted by Crippen LogP contribution is -2.44. The highest BCUT2D eigenvalue weighted by Gasteiger charge is 2.32. The Bertz CT molecular complexity index is 708. The Morgan fingerprint density at radius 1 is 1.15 bits per heavy atom. The van der Waals surface area contributed by atoms with Crippen molar-refractivity contribution in [2.45, 2.75) is 57.4 Å². The molecule has 0 saturated carbocycles. The van der Waals surface area contributed by atoms with Gasteiger partial charge in [0.25, 0.3) is 0 Å². The fourth-order valence-corrected chi connectivity index (χ4v) is 4.74. The van der Waals surface area contributed by atoms with E-state index in [1.807, 2.05) is 6.92 Å². The van der Waals surface area contributed by atoms with Crippen molar-refractivity contribution in [3.63, 3.8) is 0 Å². The summed E-state index contributed by atoms with van der Waals surface area (Å²) in [4.78, 5) is 12.7. The van der Waals surface area contributed by atoms with Crippen LogP contribution in [0.1, 0.15) is 46.5 Å². The number of ether oxygens (including phenoxy) is 1. The summed E-state index contributed by atoms with van der Waals surface area (Å²) in [7, 11) is -1.99. The monoisotopic (exact) mass is 396 g/mol. The molecular formula is C20H32N2O4S. The molecule has 1 amide bonds. The van der Waals surface area contributed by atoms with E-state index in [0.717, 1.165) is 12.8 Å². The van der Waals surface area contributed by atoms with Crippen molar-refractivity contribution in [1.29, 1.82) is 0 Å². The molecule has 0 unspecified atom stereocenters. The first-order valence-electron chi connectivity index (χ1n) is 9.68. The van der Waals surface area contributed by atoms with Crippen molar-refractivity contribution in [2.75, 3.05) is 20.2 Å². The van der Waals surface area contributed by atoms with Crippen LogP contribution in [0.5, 0.6) is 5.75 Å². The number of nitrogens with zero attached hydrogens (tertiary/aromatic N) is 1. The second-order valence-corrected chi connectivity index (χ2v) is 9.67. The number of hydrogen-bond acceptors (Lipinski definition) is 4. The smallest absolute Gasteiger partial charge is 0.243 e. The normalized spacial score (nSPS) is 17.7. The molecule has 152 valence electrons. The third-order valence-electron chi connectivity index (χ3n) is 5.09. The molecule has 1 atom stereocenters. The van der Waals surface area contributed by atoms with Gasteiger partial charge in [0.2, 0.25) is 15.9 Å². The summed E-state index contributed by atoms with van der Waals surface area (Å²) in [5, 5.41) is 3.08. The van der Waals surface area contributed by atoms with Crippen LogP contribution in [-0.2, 0) is 14.8 Å². The van der Waals surface area contributed by atoms with Crippen LogP contribution in [0.25, 0.3) is 0 Å². The SMILES string of the molecule is COc1ccc(S(=O)(=O)N2CCC(C(=O)N[C@@H](C)CCC(C)C)CC2)cc1. The Morgan fingerprint density at radius 2 is 1.74 bits per heavy atom. The van der Waals surface area contributed by atoms with Crippen LogP contribution in [0, 0.1) is 11.8 Å². The van der Waals surface area contributed by atoms with Crippen LogP contribution in [0.15, 0.2) is 29.2 Å². The number of carbonyl (C=O) groups is 1. The van der Waals surface area contributed by atoms with E-state index in [1.54, 1.807) is 31.4 Å². The molecule has 1 aromatic carbocycles. The Labute approximate surface area is 163 Å². The quantitative estimate of drug-likeness (QED) is 0.733. The third-order valence-corrected chi connectivity index (χ3v) is 7.00. The molecule has 0 aliphatic carbocycles. The van der Waals surface area contributed by atoms with Crippen molar-refractivity contribution < 1.29 is 17.9 Å². The molecule has 27 heavy (non-hydrogen) atoms. The predicted octanol–water partition coefficient (Wildman–Crippen LogP) is 3.04. The van der Waals surface area contributed by atoms with Gasteiger partial charge in [0.05, 0.1) is 12.0 Å². The van der Waals surface area contributed by atoms with Gasteiger partial charge in [-0.1, -0.05) is 13.8 Å². The van der Waals surface area contributed by atoms with Gasteiger partial charge in [0.15, 0.2) is 0 Å². The van der Waals surface area contributed by atoms with E-state index in [0.29, 0.717) is 37.6 Å². The third kappa shape index (κ3) is 5.94. The van der Waals surface area contributed by atoms with Crippen LogP contribution in [0.3, 0.4) is 0 Å². The maximum absolute atomic E-state index is 12.8. The number of piperidine rings is 1. The minimum absolute atomic E-state index is 0.0488. The maximum Gasteiger partial charge on any atom is 0.243 e. The Balaban J connectivity index is 1.89. The van der Waals surface area contributed by atoms with Crippen LogP contribution >= 0.6 is 0 Å². The molecule has 1 fully saturated rings. The van der Waals surface area contributed by atoms with Crippen LogP contribution in [0.2, 0.25) is 0 Å². The predicted molar refractivity (Wildman–Crippen MR) is 106 cm³/mol. The van der Waals surface area contributed by atoms with Gasteiger partial charge in [-0.2, -0.15) is 4.31 Å². The largest absolute Gasteiger partial charge is 0.497 e. The average molecular weight is 397 g/mol. The Kier molecular flexibility index (Phi) is 7.68. The van der Waals surface area contributed by atoms with Crippen molar-refractivity contribution >= 4 is 15.9 Å². The summed E-state index contributed by atoms with van der Waals surface area (Å²) in [6.07, 6.45) is 3.16. The zero-order valence-corrected chi connectivity index (χ0v) is 17.6. The standard InChI is InChI=1S/C20H32N2O4S/c1-15(2)5-6-16(3)21-20(23)17-11-13-22(14-12-17)27(24,25)19-9-7-18(26-4)8-10-19/h7-10,15-17H,5-6,11-14H2,1-4H3,(H,21,23)/t16-/m0/s1. The molecule has 1 aliphatic heterocycles. The van der Waals surface area contributed by atoms with E-state index in [9.17, 15) is 13.2 Å². The summed E-state index contributed by atoms with van der Waals surface area (Å²) >= 11 is 0. The summed E-state index contributed by atoms with van der Waals surface area (Å²) in [5.74, 6) is 1.17. The summed E-state index contributed by atoms with van der Waals surface area (Å²) in [6.45, 7) is 7.12. The van der Waals surface area contributed by atoms with E-state index in [2.05, 4.69) is 19.2 Å². The minimum atomic E-state index is -3.53. The zero-order chi connectivity index (χ0) is 20.0. The van der Waals surface area contributed by atoms with Crippen LogP contribution in [0.4, 0.5) is 0 Å². The number of amides is 1. The number of hydrogen-bond donors (Lipinski definition) is 1. The van der Waals surface area contributed by atoms with E-state index in [4.69, 9.17) is 4.74 Å². The fourth-order valence-electron chi connectivity index (χ4n) is 3.27. The minimum Gasteiger partial charge on any atom is -0.497 e. The lowest BCUT2D eigenvalue weighted by atomic mass is 9.96. The zero-order valence-electron chi connectivity index (χ0n) is 16.8. The number of rotatable bonds is 8. The number of methoxy groups -OCH3 is 1. The molecule has 0 spiro atoms. The van der Waals surface area contributed by atoms with Gasteiger partial charge in [0.1, 0.15) is 5.75 Å². The molecule has 7 heteroatoms. The van der Waals surface area contributed by atoms with E-state index < -0.39 is 10.0 Å². The van der Waals surface area contributed by atoms with Crippen molar-refractivity contribution in [1.82, 2.24) is 9.62 Å². The molecular weight excluding hydrogens is 364 g/mol. The number of nitrogens with one attached hydrogen (secondary N) is 1. The first-order chi connectivity index (χ1) is 12.7. The molecule has 6 nitrogen and oxygen atoms in total. The molecule has 1 saturated heterocycles. The molecule has 1 aromatic rings. The van der Waals surface area contributed by atoms with Gasteiger partial charge in [-0.05, 0) is 62.8 Å². The van der Waals surface area contributed by atoms with Crippen LogP contribution in [-0.4, -0.2) is 44.9 Å². The molecule has 0 aromatic heterocycles. The highest BCUT2D eigenvalue weighted by Crippen LogP contribution is 2.25. The van der Waals surface area contributed by atoms with Gasteiger partial charge in [-0.25, -0.2) is 8.42 Å². The topological polar surface area (TPSA) is 75.7 Å². The summed E-state index contributed by atoms with van der Waals surface area (Å²) in [5.41, 5.74) is 0. The van der Waals surface area contributed by atoms with E-state index in [-0.39, 0.29) is 22.8 Å². The second kappa shape index (κ2) is 9.55. The molecule has 0 bridgehead atoms. The van der Waals surface area contributed by atoms with E-state index in [1.165, 1.54) is 4.31 Å². The van der Waals surface area contributed by atoms with Crippen molar-refractivity contribution in [2.24, 2.45) is 11.8 Å². The lowest BCUT2D eigenvalue weighted by molar-refractivity contribution is -0.126.